The standard InChI is InChI=1S/C18H20FN3O3/c1-23-15-5-3-12(9-14(15)19)11-21-18(20)22-13-4-6-16-17(10-13)25-8-2-7-24-16/h3-6,9-10H,2,7-8,11H2,1H3,(H3,20,21,22). The summed E-state index contributed by atoms with van der Waals surface area (Å²) in [5.41, 5.74) is 7.34. The van der Waals surface area contributed by atoms with E-state index in [0.717, 1.165) is 12.1 Å². The summed E-state index contributed by atoms with van der Waals surface area (Å²) in [4.78, 5) is 4.22. The third kappa shape index (κ3) is 4.32. The van der Waals surface area contributed by atoms with E-state index in [4.69, 9.17) is 19.9 Å². The van der Waals surface area contributed by atoms with E-state index in [2.05, 4.69) is 10.3 Å². The second-order valence-corrected chi connectivity index (χ2v) is 5.51. The summed E-state index contributed by atoms with van der Waals surface area (Å²) in [6.07, 6.45) is 0.847. The second kappa shape index (κ2) is 7.74. The molecule has 1 heterocycles. The first kappa shape index (κ1) is 16.9. The van der Waals surface area contributed by atoms with Gasteiger partial charge in [0.15, 0.2) is 29.0 Å². The molecule has 2 aromatic rings. The lowest BCUT2D eigenvalue weighted by molar-refractivity contribution is 0.297. The molecule has 0 bridgehead atoms. The number of methoxy groups -OCH3 is 1. The van der Waals surface area contributed by atoms with Crippen molar-refractivity contribution in [1.29, 1.82) is 0 Å². The van der Waals surface area contributed by atoms with Crippen LogP contribution in [0.25, 0.3) is 0 Å². The van der Waals surface area contributed by atoms with Crippen molar-refractivity contribution in [3.05, 3.63) is 47.8 Å². The van der Waals surface area contributed by atoms with Crippen molar-refractivity contribution < 1.29 is 18.6 Å². The van der Waals surface area contributed by atoms with Gasteiger partial charge in [0.25, 0.3) is 0 Å². The van der Waals surface area contributed by atoms with E-state index in [1.54, 1.807) is 12.1 Å². The van der Waals surface area contributed by atoms with Crippen molar-refractivity contribution in [2.75, 3.05) is 25.6 Å². The number of anilines is 1. The van der Waals surface area contributed by atoms with Crippen LogP contribution in [0.1, 0.15) is 12.0 Å². The Bertz CT molecular complexity index is 780. The van der Waals surface area contributed by atoms with Crippen LogP contribution in [0, 0.1) is 5.82 Å². The minimum Gasteiger partial charge on any atom is -0.494 e. The van der Waals surface area contributed by atoms with Crippen LogP contribution in [-0.4, -0.2) is 26.3 Å². The smallest absolute Gasteiger partial charge is 0.193 e. The molecule has 0 aromatic heterocycles. The fraction of sp³-hybridized carbons (Fsp3) is 0.278. The molecule has 0 amide bonds. The van der Waals surface area contributed by atoms with Crippen molar-refractivity contribution >= 4 is 11.6 Å². The molecule has 7 heteroatoms. The number of guanidine groups is 1. The number of aliphatic imine (C=N–C) groups is 1. The highest BCUT2D eigenvalue weighted by atomic mass is 19.1. The van der Waals surface area contributed by atoms with E-state index in [0.29, 0.717) is 30.3 Å². The number of nitrogens with one attached hydrogen (secondary N) is 1. The summed E-state index contributed by atoms with van der Waals surface area (Å²) < 4.78 is 29.8. The van der Waals surface area contributed by atoms with E-state index < -0.39 is 5.82 Å². The van der Waals surface area contributed by atoms with E-state index in [9.17, 15) is 4.39 Å². The maximum Gasteiger partial charge on any atom is 0.193 e. The predicted octanol–water partition coefficient (Wildman–Crippen LogP) is 2.92. The highest BCUT2D eigenvalue weighted by Gasteiger charge is 2.11. The highest BCUT2D eigenvalue weighted by molar-refractivity contribution is 5.92. The third-order valence-electron chi connectivity index (χ3n) is 3.67. The number of halogens is 1. The van der Waals surface area contributed by atoms with Crippen LogP contribution in [0.3, 0.4) is 0 Å². The fourth-order valence-electron chi connectivity index (χ4n) is 2.41. The largest absolute Gasteiger partial charge is 0.494 e. The molecular formula is C18H20FN3O3. The molecule has 132 valence electrons. The van der Waals surface area contributed by atoms with Gasteiger partial charge < -0.3 is 25.3 Å². The van der Waals surface area contributed by atoms with Gasteiger partial charge in [0.2, 0.25) is 0 Å². The number of rotatable bonds is 4. The lowest BCUT2D eigenvalue weighted by Crippen LogP contribution is -2.22. The Morgan fingerprint density at radius 3 is 2.76 bits per heavy atom. The van der Waals surface area contributed by atoms with Crippen LogP contribution in [-0.2, 0) is 6.54 Å². The molecular weight excluding hydrogens is 325 g/mol. The lowest BCUT2D eigenvalue weighted by atomic mass is 10.2. The zero-order valence-corrected chi connectivity index (χ0v) is 13.9. The quantitative estimate of drug-likeness (QED) is 0.658. The van der Waals surface area contributed by atoms with Gasteiger partial charge >= 0.3 is 0 Å². The van der Waals surface area contributed by atoms with Gasteiger partial charge in [-0.1, -0.05) is 6.07 Å². The predicted molar refractivity (Wildman–Crippen MR) is 94.0 cm³/mol. The fourth-order valence-corrected chi connectivity index (χ4v) is 2.41. The Hall–Kier alpha value is -2.96. The van der Waals surface area contributed by atoms with Gasteiger partial charge in [-0.2, -0.15) is 0 Å². The highest BCUT2D eigenvalue weighted by Crippen LogP contribution is 2.32. The molecule has 0 spiro atoms. The Morgan fingerprint density at radius 1 is 1.20 bits per heavy atom. The summed E-state index contributed by atoms with van der Waals surface area (Å²) in [5, 5.41) is 2.99. The van der Waals surface area contributed by atoms with Crippen molar-refractivity contribution in [2.24, 2.45) is 10.7 Å². The summed E-state index contributed by atoms with van der Waals surface area (Å²) in [5.74, 6) is 1.39. The van der Waals surface area contributed by atoms with E-state index in [1.807, 2.05) is 18.2 Å². The van der Waals surface area contributed by atoms with Gasteiger partial charge in [0.05, 0.1) is 26.9 Å². The summed E-state index contributed by atoms with van der Waals surface area (Å²) in [7, 11) is 1.42. The normalized spacial score (nSPS) is 13.9. The van der Waals surface area contributed by atoms with E-state index in [-0.39, 0.29) is 18.3 Å². The first-order chi connectivity index (χ1) is 12.2. The number of hydrogen-bond donors (Lipinski definition) is 2. The zero-order valence-electron chi connectivity index (χ0n) is 13.9. The van der Waals surface area contributed by atoms with Crippen molar-refractivity contribution in [3.63, 3.8) is 0 Å². The lowest BCUT2D eigenvalue weighted by Gasteiger charge is -2.11. The van der Waals surface area contributed by atoms with Crippen LogP contribution in [0.5, 0.6) is 17.2 Å². The molecule has 0 saturated heterocycles. The Balaban J connectivity index is 1.65. The molecule has 1 aliphatic rings. The van der Waals surface area contributed by atoms with Gasteiger partial charge in [-0.3, -0.25) is 0 Å². The van der Waals surface area contributed by atoms with Crippen LogP contribution >= 0.6 is 0 Å². The average Bonchev–Trinajstić information content (AvgIpc) is 2.85. The molecule has 25 heavy (non-hydrogen) atoms. The van der Waals surface area contributed by atoms with Crippen LogP contribution in [0.4, 0.5) is 10.1 Å². The number of nitrogens with zero attached hydrogens (tertiary/aromatic N) is 1. The first-order valence-corrected chi connectivity index (χ1v) is 7.95. The molecule has 6 nitrogen and oxygen atoms in total. The number of ether oxygens (including phenoxy) is 3. The van der Waals surface area contributed by atoms with Gasteiger partial charge in [0, 0.05) is 18.2 Å². The second-order valence-electron chi connectivity index (χ2n) is 5.51. The molecule has 3 N–H and O–H groups in total. The number of fused-ring (bicyclic) bond motifs is 1. The Kier molecular flexibility index (Phi) is 5.23. The SMILES string of the molecule is COc1ccc(CN=C(N)Nc2ccc3c(c2)OCCCO3)cc1F. The number of nitrogens with two attached hydrogens (primary N) is 1. The van der Waals surface area contributed by atoms with Crippen molar-refractivity contribution in [3.8, 4) is 17.2 Å². The topological polar surface area (TPSA) is 78.1 Å². The van der Waals surface area contributed by atoms with Gasteiger partial charge in [-0.05, 0) is 29.8 Å². The van der Waals surface area contributed by atoms with Gasteiger partial charge in [-0.25, -0.2) is 9.38 Å². The average molecular weight is 345 g/mol. The summed E-state index contributed by atoms with van der Waals surface area (Å²) in [6, 6.07) is 10.2. The van der Waals surface area contributed by atoms with Gasteiger partial charge in [0.1, 0.15) is 0 Å². The number of benzene rings is 2. The minimum absolute atomic E-state index is 0.200. The Morgan fingerprint density at radius 2 is 2.00 bits per heavy atom. The van der Waals surface area contributed by atoms with Gasteiger partial charge in [-0.15, -0.1) is 0 Å². The summed E-state index contributed by atoms with van der Waals surface area (Å²) in [6.45, 7) is 1.51. The third-order valence-corrected chi connectivity index (χ3v) is 3.67. The van der Waals surface area contributed by atoms with Crippen LogP contribution < -0.4 is 25.3 Å². The van der Waals surface area contributed by atoms with Crippen molar-refractivity contribution in [2.45, 2.75) is 13.0 Å². The maximum atomic E-state index is 13.7. The van der Waals surface area contributed by atoms with Crippen molar-refractivity contribution in [1.82, 2.24) is 0 Å². The Labute approximate surface area is 145 Å². The molecule has 0 aliphatic carbocycles. The first-order valence-electron chi connectivity index (χ1n) is 7.95. The van der Waals surface area contributed by atoms with Crippen LogP contribution in [0.15, 0.2) is 41.4 Å². The maximum absolute atomic E-state index is 13.7. The minimum atomic E-state index is -0.426. The molecule has 0 radical (unpaired) electrons. The molecule has 0 saturated carbocycles. The monoisotopic (exact) mass is 345 g/mol. The zero-order chi connectivity index (χ0) is 17.6. The molecule has 0 unspecified atom stereocenters. The molecule has 2 aromatic carbocycles. The summed E-state index contributed by atoms with van der Waals surface area (Å²) >= 11 is 0. The molecule has 1 aliphatic heterocycles. The number of hydrogen-bond acceptors (Lipinski definition) is 4. The molecule has 3 rings (SSSR count). The van der Waals surface area contributed by atoms with Crippen LogP contribution in [0.2, 0.25) is 0 Å². The molecule has 0 atom stereocenters. The van der Waals surface area contributed by atoms with E-state index in [1.165, 1.54) is 13.2 Å². The van der Waals surface area contributed by atoms with E-state index >= 15 is 0 Å². The molecule has 0 fully saturated rings.